The Morgan fingerprint density at radius 3 is 1.30 bits per heavy atom. The van der Waals surface area contributed by atoms with Crippen LogP contribution < -0.4 is 0 Å². The minimum Gasteiger partial charge on any atom is -0.456 e. The molecule has 0 aliphatic carbocycles. The third-order valence-corrected chi connectivity index (χ3v) is 12.6. The summed E-state index contributed by atoms with van der Waals surface area (Å²) in [6.07, 6.45) is 0. The molecule has 0 fully saturated rings. The van der Waals surface area contributed by atoms with Gasteiger partial charge >= 0.3 is 0 Å². The van der Waals surface area contributed by atoms with Crippen molar-refractivity contribution in [2.24, 2.45) is 0 Å². The van der Waals surface area contributed by atoms with Crippen LogP contribution in [0.25, 0.3) is 127 Å². The summed E-state index contributed by atoms with van der Waals surface area (Å²) >= 11 is 0. The van der Waals surface area contributed by atoms with Crippen LogP contribution in [0.5, 0.6) is 0 Å². The van der Waals surface area contributed by atoms with Gasteiger partial charge in [0.25, 0.3) is 0 Å². The van der Waals surface area contributed by atoms with Crippen LogP contribution >= 0.6 is 0 Å². The minimum absolute atomic E-state index is 0.893. The summed E-state index contributed by atoms with van der Waals surface area (Å²) in [6.45, 7) is 0. The van der Waals surface area contributed by atoms with E-state index in [1.807, 2.05) is 24.3 Å². The summed E-state index contributed by atoms with van der Waals surface area (Å²) in [7, 11) is 0. The molecule has 0 N–H and O–H groups in total. The lowest BCUT2D eigenvalue weighted by atomic mass is 9.93. The molecular formula is C58H35NO2. The van der Waals surface area contributed by atoms with Crippen LogP contribution in [0.15, 0.2) is 221 Å². The highest BCUT2D eigenvalue weighted by molar-refractivity contribution is 6.22. The van der Waals surface area contributed by atoms with Crippen LogP contribution in [0.1, 0.15) is 0 Å². The standard InChI is InChI=1S/C58H35NO2/c1-2-12-43-38(10-1)11-7-15-44(43)39-24-22-36(23-25-39)37-26-30-42(31-27-37)59-51-18-8-16-45(40-28-32-55-49(34-40)47-13-3-5-20-53(47)60-55)57(51)58-46(17-9-19-52(58)59)41-29-33-56-50(35-41)48-14-4-6-21-54(48)61-56/h1-35H. The first-order chi connectivity index (χ1) is 30.2. The Morgan fingerprint density at radius 1 is 0.279 bits per heavy atom. The van der Waals surface area contributed by atoms with Crippen molar-refractivity contribution >= 4 is 76.5 Å². The fourth-order valence-electron chi connectivity index (χ4n) is 9.78. The quantitative estimate of drug-likeness (QED) is 0.174. The van der Waals surface area contributed by atoms with Gasteiger partial charge in [-0.05, 0) is 116 Å². The zero-order chi connectivity index (χ0) is 40.0. The van der Waals surface area contributed by atoms with Crippen molar-refractivity contribution in [3.05, 3.63) is 212 Å². The second-order valence-electron chi connectivity index (χ2n) is 16.0. The second-order valence-corrected chi connectivity index (χ2v) is 16.0. The van der Waals surface area contributed by atoms with Gasteiger partial charge in [-0.1, -0.05) is 152 Å². The number of aromatic nitrogens is 1. The molecule has 0 radical (unpaired) electrons. The van der Waals surface area contributed by atoms with Gasteiger partial charge < -0.3 is 13.4 Å². The van der Waals surface area contributed by atoms with Crippen LogP contribution in [0.4, 0.5) is 0 Å². The highest BCUT2D eigenvalue weighted by atomic mass is 16.3. The Morgan fingerprint density at radius 2 is 0.705 bits per heavy atom. The number of benzene rings is 10. The molecule has 0 saturated carbocycles. The molecule has 3 nitrogen and oxygen atoms in total. The normalized spacial score (nSPS) is 11.9. The molecule has 13 rings (SSSR count). The third-order valence-electron chi connectivity index (χ3n) is 12.6. The van der Waals surface area contributed by atoms with Gasteiger partial charge in [-0.2, -0.15) is 0 Å². The first kappa shape index (κ1) is 33.8. The monoisotopic (exact) mass is 777 g/mol. The minimum atomic E-state index is 0.893. The van der Waals surface area contributed by atoms with Crippen molar-refractivity contribution < 1.29 is 8.83 Å². The molecule has 0 spiro atoms. The maximum atomic E-state index is 6.27. The molecule has 0 aliphatic rings. The summed E-state index contributed by atoms with van der Waals surface area (Å²) < 4.78 is 15.0. The van der Waals surface area contributed by atoms with Crippen molar-refractivity contribution in [1.82, 2.24) is 4.57 Å². The van der Waals surface area contributed by atoms with Crippen molar-refractivity contribution in [3.8, 4) is 50.2 Å². The number of furan rings is 2. The van der Waals surface area contributed by atoms with Gasteiger partial charge in [-0.25, -0.2) is 0 Å². The Balaban J connectivity index is 0.992. The first-order valence-corrected chi connectivity index (χ1v) is 20.8. The van der Waals surface area contributed by atoms with Crippen molar-refractivity contribution in [2.75, 3.05) is 0 Å². The van der Waals surface area contributed by atoms with Crippen LogP contribution in [0, 0.1) is 0 Å². The molecule has 0 unspecified atom stereocenters. The van der Waals surface area contributed by atoms with Gasteiger partial charge in [0.15, 0.2) is 0 Å². The van der Waals surface area contributed by atoms with E-state index in [0.29, 0.717) is 0 Å². The lowest BCUT2D eigenvalue weighted by Crippen LogP contribution is -1.94. The fraction of sp³-hybridized carbons (Fsp3) is 0. The summed E-state index contributed by atoms with van der Waals surface area (Å²) in [5, 5.41) is 9.43. The predicted octanol–water partition coefficient (Wildman–Crippen LogP) is 16.4. The molecule has 3 heterocycles. The van der Waals surface area contributed by atoms with E-state index in [4.69, 9.17) is 8.83 Å². The van der Waals surface area contributed by atoms with E-state index in [1.165, 1.54) is 54.9 Å². The summed E-state index contributed by atoms with van der Waals surface area (Å²) in [6, 6.07) is 76.4. The lowest BCUT2D eigenvalue weighted by molar-refractivity contribution is 0.668. The van der Waals surface area contributed by atoms with Gasteiger partial charge in [0.1, 0.15) is 22.3 Å². The van der Waals surface area contributed by atoms with Crippen molar-refractivity contribution in [2.45, 2.75) is 0 Å². The lowest BCUT2D eigenvalue weighted by Gasteiger charge is -2.11. The number of nitrogens with zero attached hydrogens (tertiary/aromatic N) is 1. The third kappa shape index (κ3) is 5.24. The molecule has 284 valence electrons. The number of fused-ring (bicyclic) bond motifs is 10. The molecule has 3 aromatic heterocycles. The average Bonchev–Trinajstić information content (AvgIpc) is 4.01. The highest BCUT2D eigenvalue weighted by Crippen LogP contribution is 2.45. The smallest absolute Gasteiger partial charge is 0.135 e. The number of hydrogen-bond donors (Lipinski definition) is 0. The van der Waals surface area contributed by atoms with Gasteiger partial charge in [-0.15, -0.1) is 0 Å². The number of hydrogen-bond acceptors (Lipinski definition) is 2. The molecule has 0 aliphatic heterocycles. The van der Waals surface area contributed by atoms with Gasteiger partial charge in [0, 0.05) is 38.0 Å². The molecular weight excluding hydrogens is 743 g/mol. The summed E-state index contributed by atoms with van der Waals surface area (Å²) in [5.74, 6) is 0. The van der Waals surface area contributed by atoms with Gasteiger partial charge in [0.2, 0.25) is 0 Å². The van der Waals surface area contributed by atoms with E-state index in [2.05, 4.69) is 193 Å². The predicted molar refractivity (Wildman–Crippen MR) is 255 cm³/mol. The highest BCUT2D eigenvalue weighted by Gasteiger charge is 2.21. The molecule has 10 aromatic carbocycles. The molecule has 0 saturated heterocycles. The maximum Gasteiger partial charge on any atom is 0.135 e. The fourth-order valence-corrected chi connectivity index (χ4v) is 9.78. The zero-order valence-electron chi connectivity index (χ0n) is 33.0. The SMILES string of the molecule is c1ccc2c(-c3ccc(-c4ccc(-n5c6cccc(-c7ccc8oc9ccccc9c8c7)c6c6c(-c7ccc8oc9ccccc9c8c7)cccc65)cc4)cc3)cccc2c1. The summed E-state index contributed by atoms with van der Waals surface area (Å²) in [4.78, 5) is 0. The molecule has 13 aromatic rings. The largest absolute Gasteiger partial charge is 0.456 e. The van der Waals surface area contributed by atoms with E-state index < -0.39 is 0 Å². The van der Waals surface area contributed by atoms with Crippen LogP contribution in [0.2, 0.25) is 0 Å². The van der Waals surface area contributed by atoms with Gasteiger partial charge in [-0.3, -0.25) is 0 Å². The van der Waals surface area contributed by atoms with Crippen LogP contribution in [0.3, 0.4) is 0 Å². The summed E-state index contributed by atoms with van der Waals surface area (Å²) in [5.41, 5.74) is 16.5. The van der Waals surface area contributed by atoms with E-state index in [0.717, 1.165) is 71.7 Å². The van der Waals surface area contributed by atoms with Gasteiger partial charge in [0.05, 0.1) is 11.0 Å². The molecule has 61 heavy (non-hydrogen) atoms. The van der Waals surface area contributed by atoms with Crippen molar-refractivity contribution in [3.63, 3.8) is 0 Å². The molecule has 0 atom stereocenters. The molecule has 0 amide bonds. The molecule has 0 bridgehead atoms. The van der Waals surface area contributed by atoms with E-state index in [9.17, 15) is 0 Å². The zero-order valence-corrected chi connectivity index (χ0v) is 33.0. The average molecular weight is 778 g/mol. The Hall–Kier alpha value is -8.14. The van der Waals surface area contributed by atoms with E-state index in [-0.39, 0.29) is 0 Å². The number of rotatable bonds is 5. The number of para-hydroxylation sites is 2. The van der Waals surface area contributed by atoms with E-state index >= 15 is 0 Å². The maximum absolute atomic E-state index is 6.27. The topological polar surface area (TPSA) is 31.2 Å². The van der Waals surface area contributed by atoms with Crippen LogP contribution in [-0.2, 0) is 0 Å². The van der Waals surface area contributed by atoms with Crippen LogP contribution in [-0.4, -0.2) is 4.57 Å². The second kappa shape index (κ2) is 13.2. The first-order valence-electron chi connectivity index (χ1n) is 20.8. The Labute approximate surface area is 350 Å². The molecule has 3 heteroatoms. The Kier molecular flexibility index (Phi) is 7.31. The van der Waals surface area contributed by atoms with Crippen molar-refractivity contribution in [1.29, 1.82) is 0 Å². The van der Waals surface area contributed by atoms with E-state index in [1.54, 1.807) is 0 Å². The Bertz CT molecular complexity index is 3680.